The van der Waals surface area contributed by atoms with Crippen LogP contribution in [0.2, 0.25) is 0 Å². The van der Waals surface area contributed by atoms with Crippen LogP contribution < -0.4 is 10.6 Å². The number of carbonyl (C=O) groups excluding carboxylic acids is 1. The van der Waals surface area contributed by atoms with Crippen LogP contribution in [0.1, 0.15) is 20.3 Å². The molecular weight excluding hydrogens is 246 g/mol. The second kappa shape index (κ2) is 5.82. The summed E-state index contributed by atoms with van der Waals surface area (Å²) in [7, 11) is 0. The van der Waals surface area contributed by atoms with Crippen LogP contribution in [0.25, 0.3) is 10.1 Å². The van der Waals surface area contributed by atoms with Crippen LogP contribution in [0.5, 0.6) is 0 Å². The second-order valence-corrected chi connectivity index (χ2v) is 5.34. The van der Waals surface area contributed by atoms with Crippen LogP contribution in [-0.2, 0) is 4.79 Å². The quantitative estimate of drug-likeness (QED) is 0.872. The first-order chi connectivity index (χ1) is 8.66. The minimum atomic E-state index is 0.0648. The van der Waals surface area contributed by atoms with Gasteiger partial charge in [-0.3, -0.25) is 4.79 Å². The van der Waals surface area contributed by atoms with E-state index >= 15 is 0 Å². The molecule has 2 N–H and O–H groups in total. The SMILES string of the molecule is CC(C)NC(=O)CCNc1nccc2sccc12. The molecule has 0 aliphatic rings. The number of carbonyl (C=O) groups is 1. The third kappa shape index (κ3) is 3.20. The molecular formula is C13H17N3OS. The molecule has 0 saturated carbocycles. The first-order valence-corrected chi connectivity index (χ1v) is 6.90. The van der Waals surface area contributed by atoms with E-state index in [2.05, 4.69) is 15.6 Å². The van der Waals surface area contributed by atoms with Crippen molar-refractivity contribution in [3.8, 4) is 0 Å². The van der Waals surface area contributed by atoms with Gasteiger partial charge in [0.05, 0.1) is 0 Å². The molecule has 0 bridgehead atoms. The summed E-state index contributed by atoms with van der Waals surface area (Å²) in [5.41, 5.74) is 0. The minimum absolute atomic E-state index is 0.0648. The molecule has 18 heavy (non-hydrogen) atoms. The van der Waals surface area contributed by atoms with E-state index in [-0.39, 0.29) is 11.9 Å². The Morgan fingerprint density at radius 2 is 2.28 bits per heavy atom. The predicted octanol–water partition coefficient (Wildman–Crippen LogP) is 2.62. The van der Waals surface area contributed by atoms with Crippen molar-refractivity contribution >= 4 is 33.1 Å². The van der Waals surface area contributed by atoms with Crippen molar-refractivity contribution in [1.82, 2.24) is 10.3 Å². The normalized spacial score (nSPS) is 10.8. The number of anilines is 1. The molecule has 0 aliphatic heterocycles. The number of thiophene rings is 1. The number of nitrogens with zero attached hydrogens (tertiary/aromatic N) is 1. The van der Waals surface area contributed by atoms with Crippen LogP contribution in [0.3, 0.4) is 0 Å². The Labute approximate surface area is 110 Å². The number of aromatic nitrogens is 1. The first kappa shape index (κ1) is 12.8. The van der Waals surface area contributed by atoms with Crippen molar-refractivity contribution in [2.24, 2.45) is 0 Å². The highest BCUT2D eigenvalue weighted by Gasteiger charge is 2.05. The maximum Gasteiger partial charge on any atom is 0.221 e. The zero-order valence-electron chi connectivity index (χ0n) is 10.6. The number of nitrogens with one attached hydrogen (secondary N) is 2. The van der Waals surface area contributed by atoms with Gasteiger partial charge in [-0.2, -0.15) is 0 Å². The van der Waals surface area contributed by atoms with Crippen molar-refractivity contribution in [3.05, 3.63) is 23.7 Å². The maximum atomic E-state index is 11.5. The van der Waals surface area contributed by atoms with Gasteiger partial charge >= 0.3 is 0 Å². The fourth-order valence-electron chi connectivity index (χ4n) is 1.72. The Hall–Kier alpha value is -1.62. The van der Waals surface area contributed by atoms with E-state index in [4.69, 9.17) is 0 Å². The Bertz CT molecular complexity index is 536. The largest absolute Gasteiger partial charge is 0.369 e. The monoisotopic (exact) mass is 263 g/mol. The summed E-state index contributed by atoms with van der Waals surface area (Å²) in [6.45, 7) is 4.51. The highest BCUT2D eigenvalue weighted by Crippen LogP contribution is 2.25. The summed E-state index contributed by atoms with van der Waals surface area (Å²) in [6, 6.07) is 4.23. The van der Waals surface area contributed by atoms with Crippen LogP contribution in [-0.4, -0.2) is 23.5 Å². The molecule has 0 atom stereocenters. The molecule has 2 aromatic heterocycles. The van der Waals surface area contributed by atoms with Gasteiger partial charge < -0.3 is 10.6 Å². The van der Waals surface area contributed by atoms with Crippen molar-refractivity contribution in [2.45, 2.75) is 26.3 Å². The van der Waals surface area contributed by atoms with Gasteiger partial charge in [-0.25, -0.2) is 4.98 Å². The van der Waals surface area contributed by atoms with Gasteiger partial charge in [0.25, 0.3) is 0 Å². The average molecular weight is 263 g/mol. The Morgan fingerprint density at radius 1 is 1.44 bits per heavy atom. The Morgan fingerprint density at radius 3 is 3.06 bits per heavy atom. The summed E-state index contributed by atoms with van der Waals surface area (Å²) in [5, 5.41) is 9.24. The topological polar surface area (TPSA) is 54.0 Å². The minimum Gasteiger partial charge on any atom is -0.369 e. The highest BCUT2D eigenvalue weighted by atomic mass is 32.1. The molecule has 2 heterocycles. The van der Waals surface area contributed by atoms with E-state index in [0.29, 0.717) is 13.0 Å². The lowest BCUT2D eigenvalue weighted by atomic mass is 10.3. The number of hydrogen-bond acceptors (Lipinski definition) is 4. The molecule has 0 spiro atoms. The summed E-state index contributed by atoms with van der Waals surface area (Å²) < 4.78 is 1.21. The number of rotatable bonds is 5. The van der Waals surface area contributed by atoms with Gasteiger partial charge in [0.15, 0.2) is 0 Å². The molecule has 0 aromatic carbocycles. The van der Waals surface area contributed by atoms with Crippen LogP contribution in [0.15, 0.2) is 23.7 Å². The van der Waals surface area contributed by atoms with Crippen molar-refractivity contribution < 1.29 is 4.79 Å². The van der Waals surface area contributed by atoms with Gasteiger partial charge in [-0.1, -0.05) is 0 Å². The number of hydrogen-bond donors (Lipinski definition) is 2. The molecule has 5 heteroatoms. The molecule has 1 amide bonds. The maximum absolute atomic E-state index is 11.5. The summed E-state index contributed by atoms with van der Waals surface area (Å²) in [5.74, 6) is 0.918. The number of pyridine rings is 1. The van der Waals surface area contributed by atoms with Crippen LogP contribution in [0, 0.1) is 0 Å². The fourth-order valence-corrected chi connectivity index (χ4v) is 2.51. The smallest absolute Gasteiger partial charge is 0.221 e. The molecule has 0 aliphatic carbocycles. The molecule has 0 radical (unpaired) electrons. The molecule has 0 unspecified atom stereocenters. The summed E-state index contributed by atoms with van der Waals surface area (Å²) >= 11 is 1.69. The van der Waals surface area contributed by atoms with Crippen LogP contribution in [0.4, 0.5) is 5.82 Å². The standard InChI is InChI=1S/C13H17N3OS/c1-9(2)16-12(17)4-7-15-13-10-5-8-18-11(10)3-6-14-13/h3,5-6,8-9H,4,7H2,1-2H3,(H,14,15)(H,16,17). The first-order valence-electron chi connectivity index (χ1n) is 6.02. The van der Waals surface area contributed by atoms with Crippen molar-refractivity contribution in [2.75, 3.05) is 11.9 Å². The van der Waals surface area contributed by atoms with Gasteiger partial charge in [0.2, 0.25) is 5.91 Å². The zero-order valence-corrected chi connectivity index (χ0v) is 11.4. The lowest BCUT2D eigenvalue weighted by Gasteiger charge is -2.09. The second-order valence-electron chi connectivity index (χ2n) is 4.39. The van der Waals surface area contributed by atoms with Crippen LogP contribution >= 0.6 is 11.3 Å². The number of fused-ring (bicyclic) bond motifs is 1. The van der Waals surface area contributed by atoms with E-state index in [1.54, 1.807) is 17.5 Å². The van der Waals surface area contributed by atoms with Gasteiger partial charge in [-0.05, 0) is 31.4 Å². The molecule has 2 aromatic rings. The van der Waals surface area contributed by atoms with E-state index in [9.17, 15) is 4.79 Å². The molecule has 96 valence electrons. The van der Waals surface area contributed by atoms with E-state index in [1.807, 2.05) is 31.4 Å². The average Bonchev–Trinajstić information content (AvgIpc) is 2.76. The molecule has 2 rings (SSSR count). The molecule has 0 fully saturated rings. The van der Waals surface area contributed by atoms with Gasteiger partial charge in [-0.15, -0.1) is 11.3 Å². The van der Waals surface area contributed by atoms with E-state index in [1.165, 1.54) is 4.70 Å². The predicted molar refractivity (Wildman–Crippen MR) is 76.0 cm³/mol. The third-order valence-electron chi connectivity index (χ3n) is 2.47. The Kier molecular flexibility index (Phi) is 4.15. The summed E-state index contributed by atoms with van der Waals surface area (Å²) in [6.07, 6.45) is 2.25. The Balaban J connectivity index is 1.90. The highest BCUT2D eigenvalue weighted by molar-refractivity contribution is 7.17. The van der Waals surface area contributed by atoms with Gasteiger partial charge in [0, 0.05) is 35.3 Å². The zero-order chi connectivity index (χ0) is 13.0. The van der Waals surface area contributed by atoms with E-state index < -0.39 is 0 Å². The molecule has 4 nitrogen and oxygen atoms in total. The molecule has 0 saturated heterocycles. The third-order valence-corrected chi connectivity index (χ3v) is 3.36. The van der Waals surface area contributed by atoms with Crippen molar-refractivity contribution in [1.29, 1.82) is 0 Å². The lowest BCUT2D eigenvalue weighted by molar-refractivity contribution is -0.121. The summed E-state index contributed by atoms with van der Waals surface area (Å²) in [4.78, 5) is 15.8. The number of amides is 1. The van der Waals surface area contributed by atoms with Gasteiger partial charge in [0.1, 0.15) is 5.82 Å². The van der Waals surface area contributed by atoms with Crippen molar-refractivity contribution in [3.63, 3.8) is 0 Å². The van der Waals surface area contributed by atoms with E-state index in [0.717, 1.165) is 11.2 Å². The lowest BCUT2D eigenvalue weighted by Crippen LogP contribution is -2.31. The fraction of sp³-hybridized carbons (Fsp3) is 0.385.